The average Bonchev–Trinajstić information content (AvgIpc) is 2.27. The predicted octanol–water partition coefficient (Wildman–Crippen LogP) is 2.66. The van der Waals surface area contributed by atoms with Crippen LogP contribution in [0.4, 0.5) is 5.69 Å². The first-order valence-corrected chi connectivity index (χ1v) is 8.42. The summed E-state index contributed by atoms with van der Waals surface area (Å²) in [5.74, 6) is -0.0177. The molecule has 0 aliphatic rings. The van der Waals surface area contributed by atoms with Gasteiger partial charge >= 0.3 is 0 Å². The average molecular weight is 284 g/mol. The van der Waals surface area contributed by atoms with Crippen molar-refractivity contribution in [2.24, 2.45) is 0 Å². The minimum atomic E-state index is -3.29. The fraction of sp³-hybridized carbons (Fsp3) is 0.571. The van der Waals surface area contributed by atoms with Gasteiger partial charge in [-0.15, -0.1) is 0 Å². The van der Waals surface area contributed by atoms with Gasteiger partial charge in [-0.05, 0) is 31.0 Å². The number of sulfonamides is 1. The third-order valence-corrected chi connectivity index (χ3v) is 4.40. The molecule has 108 valence electrons. The van der Waals surface area contributed by atoms with Gasteiger partial charge in [0.05, 0.1) is 5.75 Å². The van der Waals surface area contributed by atoms with Crippen LogP contribution in [0.15, 0.2) is 24.3 Å². The molecule has 3 N–H and O–H groups in total. The van der Waals surface area contributed by atoms with Crippen molar-refractivity contribution in [3.05, 3.63) is 29.8 Å². The van der Waals surface area contributed by atoms with Crippen LogP contribution in [-0.2, 0) is 15.8 Å². The fourth-order valence-electron chi connectivity index (χ4n) is 2.01. The second-order valence-electron chi connectivity index (χ2n) is 5.02. The van der Waals surface area contributed by atoms with E-state index in [-0.39, 0.29) is 11.8 Å². The lowest BCUT2D eigenvalue weighted by molar-refractivity contribution is 0.527. The Kier molecular flexibility index (Phi) is 6.31. The molecule has 1 atom stereocenters. The Morgan fingerprint density at radius 2 is 2.05 bits per heavy atom. The molecule has 0 fully saturated rings. The molecule has 19 heavy (non-hydrogen) atoms. The van der Waals surface area contributed by atoms with Crippen molar-refractivity contribution in [1.29, 1.82) is 0 Å². The lowest BCUT2D eigenvalue weighted by Gasteiger charge is -2.14. The smallest absolute Gasteiger partial charge is 0.216 e. The summed E-state index contributed by atoms with van der Waals surface area (Å²) in [6.45, 7) is 4.04. The molecule has 1 aromatic carbocycles. The van der Waals surface area contributed by atoms with Crippen LogP contribution in [0.2, 0.25) is 0 Å². The molecule has 0 amide bonds. The van der Waals surface area contributed by atoms with Gasteiger partial charge in [0.1, 0.15) is 0 Å². The topological polar surface area (TPSA) is 72.2 Å². The van der Waals surface area contributed by atoms with E-state index in [0.717, 1.165) is 25.7 Å². The summed E-state index contributed by atoms with van der Waals surface area (Å²) < 4.78 is 26.7. The van der Waals surface area contributed by atoms with Crippen LogP contribution in [0.1, 0.15) is 45.1 Å². The lowest BCUT2D eigenvalue weighted by atomic mass is 10.1. The molecule has 4 nitrogen and oxygen atoms in total. The number of nitrogen functional groups attached to an aromatic ring is 1. The highest BCUT2D eigenvalue weighted by molar-refractivity contribution is 7.88. The molecule has 0 aromatic heterocycles. The largest absolute Gasteiger partial charge is 0.399 e. The van der Waals surface area contributed by atoms with Gasteiger partial charge in [-0.2, -0.15) is 0 Å². The monoisotopic (exact) mass is 284 g/mol. The molecule has 0 saturated heterocycles. The van der Waals surface area contributed by atoms with Crippen molar-refractivity contribution < 1.29 is 8.42 Å². The third kappa shape index (κ3) is 6.59. The number of anilines is 1. The van der Waals surface area contributed by atoms with Gasteiger partial charge in [0.25, 0.3) is 0 Å². The summed E-state index contributed by atoms with van der Waals surface area (Å²) in [5.41, 5.74) is 6.95. The van der Waals surface area contributed by atoms with Crippen LogP contribution in [0.3, 0.4) is 0 Å². The maximum atomic E-state index is 12.0. The van der Waals surface area contributed by atoms with Crippen molar-refractivity contribution in [2.75, 3.05) is 5.73 Å². The summed E-state index contributed by atoms with van der Waals surface area (Å²) in [4.78, 5) is 0. The Hall–Kier alpha value is -1.07. The van der Waals surface area contributed by atoms with Crippen LogP contribution < -0.4 is 10.5 Å². The molecule has 0 bridgehead atoms. The molecule has 0 heterocycles. The summed E-state index contributed by atoms with van der Waals surface area (Å²) in [6.07, 6.45) is 4.21. The van der Waals surface area contributed by atoms with E-state index in [1.807, 2.05) is 6.92 Å². The van der Waals surface area contributed by atoms with E-state index in [1.54, 1.807) is 24.3 Å². The molecule has 1 rings (SSSR count). The highest BCUT2D eigenvalue weighted by Crippen LogP contribution is 2.11. The molecule has 5 heteroatoms. The Morgan fingerprint density at radius 1 is 1.32 bits per heavy atom. The first-order chi connectivity index (χ1) is 8.93. The number of nitrogens with two attached hydrogens (primary N) is 1. The minimum Gasteiger partial charge on any atom is -0.399 e. The zero-order valence-electron chi connectivity index (χ0n) is 11.7. The number of nitrogens with one attached hydrogen (secondary N) is 1. The molecule has 1 unspecified atom stereocenters. The van der Waals surface area contributed by atoms with Gasteiger partial charge in [-0.1, -0.05) is 38.3 Å². The molecule has 1 aromatic rings. The second-order valence-corrected chi connectivity index (χ2v) is 6.77. The summed E-state index contributed by atoms with van der Waals surface area (Å²) >= 11 is 0. The Labute approximate surface area is 116 Å². The zero-order chi connectivity index (χ0) is 14.3. The normalized spacial score (nSPS) is 13.4. The Balaban J connectivity index is 2.52. The summed E-state index contributed by atoms with van der Waals surface area (Å²) in [7, 11) is -3.29. The SMILES string of the molecule is CCCCCC(C)NS(=O)(=O)Cc1cccc(N)c1. The van der Waals surface area contributed by atoms with Crippen molar-refractivity contribution >= 4 is 15.7 Å². The number of benzene rings is 1. The van der Waals surface area contributed by atoms with Gasteiger partial charge in [-0.25, -0.2) is 13.1 Å². The summed E-state index contributed by atoms with van der Waals surface area (Å²) in [6, 6.07) is 6.97. The van der Waals surface area contributed by atoms with E-state index in [2.05, 4.69) is 11.6 Å². The highest BCUT2D eigenvalue weighted by atomic mass is 32.2. The van der Waals surface area contributed by atoms with E-state index < -0.39 is 10.0 Å². The quantitative estimate of drug-likeness (QED) is 0.569. The first-order valence-electron chi connectivity index (χ1n) is 6.77. The van der Waals surface area contributed by atoms with Gasteiger partial charge in [0, 0.05) is 11.7 Å². The van der Waals surface area contributed by atoms with Gasteiger partial charge < -0.3 is 5.73 Å². The van der Waals surface area contributed by atoms with Crippen LogP contribution in [0.25, 0.3) is 0 Å². The van der Waals surface area contributed by atoms with Crippen LogP contribution in [0, 0.1) is 0 Å². The number of unbranched alkanes of at least 4 members (excludes halogenated alkanes) is 2. The third-order valence-electron chi connectivity index (χ3n) is 2.93. The molecule has 0 radical (unpaired) electrons. The standard InChI is InChI=1S/C14H24N2O2S/c1-3-4-5-7-12(2)16-19(17,18)11-13-8-6-9-14(15)10-13/h6,8-10,12,16H,3-5,7,11,15H2,1-2H3. The van der Waals surface area contributed by atoms with Crippen LogP contribution in [-0.4, -0.2) is 14.5 Å². The van der Waals surface area contributed by atoms with Gasteiger partial charge in [0.2, 0.25) is 10.0 Å². The highest BCUT2D eigenvalue weighted by Gasteiger charge is 2.15. The second kappa shape index (κ2) is 7.50. The van der Waals surface area contributed by atoms with Crippen molar-refractivity contribution in [1.82, 2.24) is 4.72 Å². The molecule has 0 saturated carbocycles. The van der Waals surface area contributed by atoms with E-state index in [1.165, 1.54) is 0 Å². The van der Waals surface area contributed by atoms with Crippen molar-refractivity contribution in [3.8, 4) is 0 Å². The zero-order valence-corrected chi connectivity index (χ0v) is 12.5. The number of rotatable bonds is 8. The van der Waals surface area contributed by atoms with Crippen molar-refractivity contribution in [2.45, 2.75) is 51.3 Å². The van der Waals surface area contributed by atoms with E-state index in [0.29, 0.717) is 11.3 Å². The molecule has 0 aliphatic heterocycles. The van der Waals surface area contributed by atoms with Gasteiger partial charge in [0.15, 0.2) is 0 Å². The van der Waals surface area contributed by atoms with E-state index in [4.69, 9.17) is 5.73 Å². The van der Waals surface area contributed by atoms with E-state index in [9.17, 15) is 8.42 Å². The Morgan fingerprint density at radius 3 is 2.68 bits per heavy atom. The fourth-order valence-corrected chi connectivity index (χ4v) is 3.44. The number of hydrogen-bond acceptors (Lipinski definition) is 3. The Bertz CT molecular complexity index is 486. The van der Waals surface area contributed by atoms with Crippen molar-refractivity contribution in [3.63, 3.8) is 0 Å². The lowest BCUT2D eigenvalue weighted by Crippen LogP contribution is -2.33. The van der Waals surface area contributed by atoms with Crippen LogP contribution in [0.5, 0.6) is 0 Å². The first kappa shape index (κ1) is 16.0. The number of hydrogen-bond donors (Lipinski definition) is 2. The maximum Gasteiger partial charge on any atom is 0.216 e. The summed E-state index contributed by atoms with van der Waals surface area (Å²) in [5, 5.41) is 0. The molecule has 0 aliphatic carbocycles. The van der Waals surface area contributed by atoms with Gasteiger partial charge in [-0.3, -0.25) is 0 Å². The van der Waals surface area contributed by atoms with Crippen LogP contribution >= 0.6 is 0 Å². The van der Waals surface area contributed by atoms with E-state index >= 15 is 0 Å². The predicted molar refractivity (Wildman–Crippen MR) is 80.2 cm³/mol. The molecular formula is C14H24N2O2S. The molecule has 0 spiro atoms. The molecular weight excluding hydrogens is 260 g/mol. The minimum absolute atomic E-state index is 0.0161. The maximum absolute atomic E-state index is 12.0.